The molecule has 2 aliphatic rings. The minimum absolute atomic E-state index is 0.144. The normalized spacial score (nSPS) is 27.2. The Labute approximate surface area is 101 Å². The minimum atomic E-state index is -0.422. The molecule has 0 aromatic heterocycles. The van der Waals surface area contributed by atoms with Crippen molar-refractivity contribution in [3.8, 4) is 0 Å². The summed E-state index contributed by atoms with van der Waals surface area (Å²) < 4.78 is 0. The number of carbonyl (C=O) groups excluding carboxylic acids is 2. The van der Waals surface area contributed by atoms with Gasteiger partial charge in [0, 0.05) is 25.7 Å². The lowest BCUT2D eigenvalue weighted by atomic mass is 10.0. The van der Waals surface area contributed by atoms with E-state index in [2.05, 4.69) is 5.32 Å². The van der Waals surface area contributed by atoms with Crippen molar-refractivity contribution >= 4 is 12.0 Å². The molecule has 0 aromatic carbocycles. The van der Waals surface area contributed by atoms with E-state index in [1.54, 1.807) is 9.96 Å². The standard InChI is InChI=1S/C11H19N3O3/c1-3-13(4-2)17-10(15)9-6-5-8-7-14(9)11(16)12-8/h8-9H,3-7H2,1-2H3,(H,12,16)/t8-,9+/m1/s1. The van der Waals surface area contributed by atoms with Crippen LogP contribution < -0.4 is 5.32 Å². The summed E-state index contributed by atoms with van der Waals surface area (Å²) >= 11 is 0. The number of fused-ring (bicyclic) bond motifs is 2. The van der Waals surface area contributed by atoms with Crippen LogP contribution in [0.2, 0.25) is 0 Å². The van der Waals surface area contributed by atoms with Crippen LogP contribution in [-0.4, -0.2) is 53.7 Å². The smallest absolute Gasteiger partial charge is 0.347 e. The second-order valence-corrected chi connectivity index (χ2v) is 4.42. The molecule has 2 saturated heterocycles. The average Bonchev–Trinajstić information content (AvgIpc) is 2.62. The SMILES string of the molecule is CCN(CC)OC(=O)[C@@H]1CC[C@@H]2CN1C(=O)N2. The van der Waals surface area contributed by atoms with Gasteiger partial charge in [0.2, 0.25) is 0 Å². The van der Waals surface area contributed by atoms with Crippen LogP contribution in [0, 0.1) is 0 Å². The third-order valence-electron chi connectivity index (χ3n) is 3.37. The van der Waals surface area contributed by atoms with Crippen molar-refractivity contribution in [1.82, 2.24) is 15.3 Å². The first kappa shape index (κ1) is 12.2. The summed E-state index contributed by atoms with van der Waals surface area (Å²) in [7, 11) is 0. The van der Waals surface area contributed by atoms with E-state index in [1.165, 1.54) is 0 Å². The van der Waals surface area contributed by atoms with E-state index in [0.29, 0.717) is 26.1 Å². The number of carbonyl (C=O) groups is 2. The minimum Gasteiger partial charge on any atom is -0.366 e. The number of urea groups is 1. The van der Waals surface area contributed by atoms with Crippen molar-refractivity contribution in [2.24, 2.45) is 0 Å². The Morgan fingerprint density at radius 3 is 2.82 bits per heavy atom. The van der Waals surface area contributed by atoms with Crippen LogP contribution in [-0.2, 0) is 9.63 Å². The summed E-state index contributed by atoms with van der Waals surface area (Å²) in [5, 5.41) is 4.45. The van der Waals surface area contributed by atoms with Crippen LogP contribution in [0.1, 0.15) is 26.7 Å². The third kappa shape index (κ3) is 2.36. The van der Waals surface area contributed by atoms with Crippen molar-refractivity contribution in [2.45, 2.75) is 38.8 Å². The molecule has 17 heavy (non-hydrogen) atoms. The summed E-state index contributed by atoms with van der Waals surface area (Å²) in [5.41, 5.74) is 0. The molecule has 2 atom stereocenters. The third-order valence-corrected chi connectivity index (χ3v) is 3.37. The van der Waals surface area contributed by atoms with Gasteiger partial charge < -0.3 is 15.1 Å². The zero-order valence-electron chi connectivity index (χ0n) is 10.3. The van der Waals surface area contributed by atoms with Gasteiger partial charge in [0.25, 0.3) is 0 Å². The Bertz CT molecular complexity index is 317. The molecule has 0 radical (unpaired) electrons. The summed E-state index contributed by atoms with van der Waals surface area (Å²) in [5.74, 6) is -0.316. The Balaban J connectivity index is 1.97. The molecule has 0 spiro atoms. The zero-order chi connectivity index (χ0) is 12.4. The largest absolute Gasteiger partial charge is 0.366 e. The van der Waals surface area contributed by atoms with Gasteiger partial charge in [-0.25, -0.2) is 9.59 Å². The Morgan fingerprint density at radius 2 is 2.18 bits per heavy atom. The highest BCUT2D eigenvalue weighted by atomic mass is 16.7. The number of hydrogen-bond donors (Lipinski definition) is 1. The fourth-order valence-corrected chi connectivity index (χ4v) is 2.36. The van der Waals surface area contributed by atoms with E-state index in [4.69, 9.17) is 4.84 Å². The molecular weight excluding hydrogens is 222 g/mol. The molecule has 2 fully saturated rings. The quantitative estimate of drug-likeness (QED) is 0.721. The zero-order valence-corrected chi connectivity index (χ0v) is 10.3. The molecule has 0 aliphatic carbocycles. The topological polar surface area (TPSA) is 61.9 Å². The number of hydrogen-bond acceptors (Lipinski definition) is 4. The lowest BCUT2D eigenvalue weighted by molar-refractivity contribution is -0.194. The number of rotatable bonds is 4. The maximum atomic E-state index is 12.0. The molecule has 0 saturated carbocycles. The summed E-state index contributed by atoms with van der Waals surface area (Å²) in [6.07, 6.45) is 1.53. The molecule has 1 N–H and O–H groups in total. The highest BCUT2D eigenvalue weighted by Gasteiger charge is 2.42. The lowest BCUT2D eigenvalue weighted by Gasteiger charge is -2.30. The van der Waals surface area contributed by atoms with Crippen molar-refractivity contribution in [1.29, 1.82) is 0 Å². The van der Waals surface area contributed by atoms with Crippen molar-refractivity contribution < 1.29 is 14.4 Å². The van der Waals surface area contributed by atoms with Gasteiger partial charge in [0.1, 0.15) is 6.04 Å². The highest BCUT2D eigenvalue weighted by molar-refractivity contribution is 5.85. The van der Waals surface area contributed by atoms with Gasteiger partial charge in [-0.05, 0) is 26.7 Å². The molecule has 2 amide bonds. The molecule has 2 aliphatic heterocycles. The van der Waals surface area contributed by atoms with Gasteiger partial charge in [-0.3, -0.25) is 0 Å². The first-order chi connectivity index (χ1) is 8.15. The molecule has 0 aromatic rings. The van der Waals surface area contributed by atoms with Gasteiger partial charge in [-0.1, -0.05) is 0 Å². The van der Waals surface area contributed by atoms with Crippen molar-refractivity contribution in [2.75, 3.05) is 19.6 Å². The lowest BCUT2D eigenvalue weighted by Crippen LogP contribution is -2.47. The number of amides is 2. The number of piperidine rings is 1. The van der Waals surface area contributed by atoms with Crippen molar-refractivity contribution in [3.05, 3.63) is 0 Å². The van der Waals surface area contributed by atoms with E-state index >= 15 is 0 Å². The van der Waals surface area contributed by atoms with E-state index in [9.17, 15) is 9.59 Å². The molecule has 2 bridgehead atoms. The summed E-state index contributed by atoms with van der Waals surface area (Å²) in [6, 6.07) is -0.358. The van der Waals surface area contributed by atoms with Crippen LogP contribution in [0.4, 0.5) is 4.79 Å². The van der Waals surface area contributed by atoms with Gasteiger partial charge in [-0.2, -0.15) is 0 Å². The Kier molecular flexibility index (Phi) is 3.51. The number of hydroxylamine groups is 2. The van der Waals surface area contributed by atoms with E-state index in [0.717, 1.165) is 6.42 Å². The molecule has 2 rings (SSSR count). The van der Waals surface area contributed by atoms with Gasteiger partial charge in [-0.15, -0.1) is 5.06 Å². The fraction of sp³-hybridized carbons (Fsp3) is 0.818. The van der Waals surface area contributed by atoms with Crippen LogP contribution in [0.25, 0.3) is 0 Å². The fourth-order valence-electron chi connectivity index (χ4n) is 2.36. The van der Waals surface area contributed by atoms with Crippen LogP contribution in [0.3, 0.4) is 0 Å². The van der Waals surface area contributed by atoms with E-state index in [1.807, 2.05) is 13.8 Å². The molecule has 0 unspecified atom stereocenters. The summed E-state index contributed by atoms with van der Waals surface area (Å²) in [4.78, 5) is 30.4. The number of nitrogens with zero attached hydrogens (tertiary/aromatic N) is 2. The monoisotopic (exact) mass is 241 g/mol. The maximum absolute atomic E-state index is 12.0. The van der Waals surface area contributed by atoms with Gasteiger partial charge in [0.05, 0.1) is 0 Å². The second kappa shape index (κ2) is 4.91. The maximum Gasteiger partial charge on any atom is 0.347 e. The van der Waals surface area contributed by atoms with Crippen LogP contribution >= 0.6 is 0 Å². The van der Waals surface area contributed by atoms with E-state index in [-0.39, 0.29) is 18.0 Å². The summed E-state index contributed by atoms with van der Waals surface area (Å²) in [6.45, 7) is 5.79. The predicted octanol–water partition coefficient (Wildman–Crippen LogP) is 0.343. The van der Waals surface area contributed by atoms with Crippen LogP contribution in [0.15, 0.2) is 0 Å². The highest BCUT2D eigenvalue weighted by Crippen LogP contribution is 2.23. The Hall–Kier alpha value is -1.30. The molecular formula is C11H19N3O3. The first-order valence-electron chi connectivity index (χ1n) is 6.19. The molecule has 6 nitrogen and oxygen atoms in total. The van der Waals surface area contributed by atoms with E-state index < -0.39 is 6.04 Å². The number of nitrogens with one attached hydrogen (secondary N) is 1. The Morgan fingerprint density at radius 1 is 1.47 bits per heavy atom. The second-order valence-electron chi connectivity index (χ2n) is 4.42. The van der Waals surface area contributed by atoms with Crippen molar-refractivity contribution in [3.63, 3.8) is 0 Å². The van der Waals surface area contributed by atoms with Crippen LogP contribution in [0.5, 0.6) is 0 Å². The van der Waals surface area contributed by atoms with Gasteiger partial charge >= 0.3 is 12.0 Å². The first-order valence-corrected chi connectivity index (χ1v) is 6.19. The van der Waals surface area contributed by atoms with Gasteiger partial charge in [0.15, 0.2) is 0 Å². The average molecular weight is 241 g/mol. The molecule has 2 heterocycles. The molecule has 96 valence electrons. The predicted molar refractivity (Wildman–Crippen MR) is 61.1 cm³/mol. The molecule has 6 heteroatoms.